The van der Waals surface area contributed by atoms with Crippen LogP contribution in [0.4, 0.5) is 0 Å². The molecule has 5 N–H and O–H groups in total. The van der Waals surface area contributed by atoms with Gasteiger partial charge in [-0.1, -0.05) is 0 Å². The Kier molecular flexibility index (Phi) is 5.15. The second kappa shape index (κ2) is 5.53. The van der Waals surface area contributed by atoms with Crippen molar-refractivity contribution in [2.45, 2.75) is 6.42 Å². The summed E-state index contributed by atoms with van der Waals surface area (Å²) >= 11 is 0. The van der Waals surface area contributed by atoms with E-state index in [9.17, 15) is 4.79 Å². The number of carbonyl (C=O) groups is 1. The van der Waals surface area contributed by atoms with Crippen LogP contribution in [-0.4, -0.2) is 25.5 Å². The van der Waals surface area contributed by atoms with E-state index in [2.05, 4.69) is 5.32 Å². The van der Waals surface area contributed by atoms with Gasteiger partial charge in [0.1, 0.15) is 0 Å². The Bertz CT molecular complexity index is 84.3. The van der Waals surface area contributed by atoms with Crippen molar-refractivity contribution in [2.75, 3.05) is 19.6 Å². The fourth-order valence-electron chi connectivity index (χ4n) is 0.431. The van der Waals surface area contributed by atoms with Crippen LogP contribution in [0.25, 0.3) is 0 Å². The third-order valence-electron chi connectivity index (χ3n) is 0.838. The van der Waals surface area contributed by atoms with Crippen molar-refractivity contribution in [1.82, 2.24) is 5.32 Å². The van der Waals surface area contributed by atoms with Gasteiger partial charge in [-0.25, -0.2) is 0 Å². The highest BCUT2D eigenvalue weighted by Crippen LogP contribution is 1.71. The second-order valence-electron chi connectivity index (χ2n) is 1.68. The standard InChI is InChI=1S/C5H13N3O/c6-2-1-5(9)8-4-3-7/h1-4,6-7H2,(H,8,9). The third kappa shape index (κ3) is 5.26. The van der Waals surface area contributed by atoms with E-state index < -0.39 is 0 Å². The molecule has 0 saturated carbocycles. The molecule has 0 radical (unpaired) electrons. The van der Waals surface area contributed by atoms with Gasteiger partial charge >= 0.3 is 0 Å². The first kappa shape index (κ1) is 8.39. The molecule has 0 heterocycles. The van der Waals surface area contributed by atoms with E-state index in [0.717, 1.165) is 0 Å². The molecule has 0 bridgehead atoms. The normalized spacial score (nSPS) is 9.11. The zero-order valence-electron chi connectivity index (χ0n) is 5.39. The molecule has 1 amide bonds. The maximum Gasteiger partial charge on any atom is 0.221 e. The second-order valence-corrected chi connectivity index (χ2v) is 1.68. The van der Waals surface area contributed by atoms with E-state index in [4.69, 9.17) is 11.5 Å². The summed E-state index contributed by atoms with van der Waals surface area (Å²) < 4.78 is 0. The van der Waals surface area contributed by atoms with Crippen LogP contribution >= 0.6 is 0 Å². The molecule has 4 heteroatoms. The van der Waals surface area contributed by atoms with Crippen molar-refractivity contribution in [2.24, 2.45) is 11.5 Å². The fraction of sp³-hybridized carbons (Fsp3) is 0.800. The first-order valence-corrected chi connectivity index (χ1v) is 2.98. The van der Waals surface area contributed by atoms with Gasteiger partial charge in [-0.05, 0) is 0 Å². The van der Waals surface area contributed by atoms with Crippen LogP contribution < -0.4 is 16.8 Å². The van der Waals surface area contributed by atoms with Crippen LogP contribution in [-0.2, 0) is 4.79 Å². The van der Waals surface area contributed by atoms with Crippen molar-refractivity contribution in [3.05, 3.63) is 0 Å². The summed E-state index contributed by atoms with van der Waals surface area (Å²) in [6, 6.07) is 0. The van der Waals surface area contributed by atoms with Crippen molar-refractivity contribution in [3.63, 3.8) is 0 Å². The molecule has 0 aliphatic rings. The van der Waals surface area contributed by atoms with Crippen molar-refractivity contribution in [1.29, 1.82) is 0 Å². The highest BCUT2D eigenvalue weighted by Gasteiger charge is 1.94. The average Bonchev–Trinajstić information content (AvgIpc) is 1.85. The number of amides is 1. The lowest BCUT2D eigenvalue weighted by atomic mass is 10.4. The number of hydrogen-bond acceptors (Lipinski definition) is 3. The highest BCUT2D eigenvalue weighted by atomic mass is 16.1. The number of nitrogens with one attached hydrogen (secondary N) is 1. The maximum atomic E-state index is 10.6. The van der Waals surface area contributed by atoms with E-state index in [1.807, 2.05) is 0 Å². The van der Waals surface area contributed by atoms with Gasteiger partial charge in [-0.3, -0.25) is 4.79 Å². The predicted octanol–water partition coefficient (Wildman–Crippen LogP) is -1.59. The lowest BCUT2D eigenvalue weighted by Gasteiger charge is -1.99. The Hall–Kier alpha value is -0.610. The van der Waals surface area contributed by atoms with Crippen LogP contribution in [0.2, 0.25) is 0 Å². The number of rotatable bonds is 4. The van der Waals surface area contributed by atoms with Crippen molar-refractivity contribution in [3.8, 4) is 0 Å². The minimum Gasteiger partial charge on any atom is -0.355 e. The van der Waals surface area contributed by atoms with Crippen molar-refractivity contribution >= 4 is 5.91 Å². The molecular formula is C5H13N3O. The Morgan fingerprint density at radius 3 is 2.44 bits per heavy atom. The van der Waals surface area contributed by atoms with Crippen LogP contribution in [0.3, 0.4) is 0 Å². The van der Waals surface area contributed by atoms with Crippen LogP contribution in [0.1, 0.15) is 6.42 Å². The molecule has 0 fully saturated rings. The average molecular weight is 131 g/mol. The summed E-state index contributed by atoms with van der Waals surface area (Å²) in [6.45, 7) is 1.42. The zero-order valence-corrected chi connectivity index (χ0v) is 5.39. The molecule has 0 aliphatic heterocycles. The van der Waals surface area contributed by atoms with E-state index in [1.165, 1.54) is 0 Å². The molecule has 0 aromatic carbocycles. The molecule has 4 nitrogen and oxygen atoms in total. The number of nitrogens with two attached hydrogens (primary N) is 2. The Morgan fingerprint density at radius 2 is 2.00 bits per heavy atom. The Labute approximate surface area is 54.6 Å². The summed E-state index contributed by atoms with van der Waals surface area (Å²) in [4.78, 5) is 10.6. The summed E-state index contributed by atoms with van der Waals surface area (Å²) in [6.07, 6.45) is 0.389. The van der Waals surface area contributed by atoms with E-state index in [0.29, 0.717) is 26.1 Å². The minimum absolute atomic E-state index is 0.0250. The third-order valence-corrected chi connectivity index (χ3v) is 0.838. The molecule has 0 aromatic rings. The van der Waals surface area contributed by atoms with Gasteiger partial charge in [0.25, 0.3) is 0 Å². The number of hydrogen-bond donors (Lipinski definition) is 3. The molecule has 0 rings (SSSR count). The molecule has 0 saturated heterocycles. The Morgan fingerprint density at radius 1 is 1.33 bits per heavy atom. The van der Waals surface area contributed by atoms with Gasteiger partial charge in [0.05, 0.1) is 0 Å². The number of carbonyl (C=O) groups excluding carboxylic acids is 1. The lowest BCUT2D eigenvalue weighted by Crippen LogP contribution is -2.30. The van der Waals surface area contributed by atoms with Gasteiger partial charge in [-0.2, -0.15) is 0 Å². The molecule has 0 unspecified atom stereocenters. The molecule has 0 atom stereocenters. The molecule has 0 aromatic heterocycles. The summed E-state index contributed by atoms with van der Waals surface area (Å²) in [5.41, 5.74) is 10.2. The van der Waals surface area contributed by atoms with E-state index in [-0.39, 0.29) is 5.91 Å². The van der Waals surface area contributed by atoms with E-state index in [1.54, 1.807) is 0 Å². The van der Waals surface area contributed by atoms with Gasteiger partial charge in [0, 0.05) is 26.1 Å². The van der Waals surface area contributed by atoms with Gasteiger partial charge in [-0.15, -0.1) is 0 Å². The van der Waals surface area contributed by atoms with Crippen LogP contribution in [0, 0.1) is 0 Å². The van der Waals surface area contributed by atoms with E-state index >= 15 is 0 Å². The predicted molar refractivity (Wildman–Crippen MR) is 35.7 cm³/mol. The zero-order chi connectivity index (χ0) is 7.11. The van der Waals surface area contributed by atoms with Gasteiger partial charge < -0.3 is 16.8 Å². The SMILES string of the molecule is NCCNC(=O)CCN. The van der Waals surface area contributed by atoms with Gasteiger partial charge in [0.2, 0.25) is 5.91 Å². The first-order chi connectivity index (χ1) is 4.31. The minimum atomic E-state index is -0.0250. The highest BCUT2D eigenvalue weighted by molar-refractivity contribution is 5.75. The summed E-state index contributed by atoms with van der Waals surface area (Å²) in [5.74, 6) is -0.0250. The van der Waals surface area contributed by atoms with Crippen LogP contribution in [0.15, 0.2) is 0 Å². The first-order valence-electron chi connectivity index (χ1n) is 2.98. The lowest BCUT2D eigenvalue weighted by molar-refractivity contribution is -0.120. The van der Waals surface area contributed by atoms with Crippen molar-refractivity contribution < 1.29 is 4.79 Å². The fourth-order valence-corrected chi connectivity index (χ4v) is 0.431. The van der Waals surface area contributed by atoms with Gasteiger partial charge in [0.15, 0.2) is 0 Å². The maximum absolute atomic E-state index is 10.6. The molecular weight excluding hydrogens is 118 g/mol. The molecule has 0 aliphatic carbocycles. The topological polar surface area (TPSA) is 81.1 Å². The molecule has 54 valence electrons. The summed E-state index contributed by atoms with van der Waals surface area (Å²) in [5, 5.41) is 2.59. The quantitative estimate of drug-likeness (QED) is 0.430. The summed E-state index contributed by atoms with van der Waals surface area (Å²) in [7, 11) is 0. The molecule has 9 heavy (non-hydrogen) atoms. The largest absolute Gasteiger partial charge is 0.355 e. The monoisotopic (exact) mass is 131 g/mol. The molecule has 0 spiro atoms. The van der Waals surface area contributed by atoms with Crippen LogP contribution in [0.5, 0.6) is 0 Å². The smallest absolute Gasteiger partial charge is 0.221 e. The Balaban J connectivity index is 3.06.